The Labute approximate surface area is 123 Å². The van der Waals surface area contributed by atoms with Crippen LogP contribution in [0.3, 0.4) is 0 Å². The first kappa shape index (κ1) is 13.1. The molecular formula is C18H15N3. The van der Waals surface area contributed by atoms with Crippen LogP contribution in [0.4, 0.5) is 0 Å². The molecule has 0 bridgehead atoms. The SMILES string of the molecule is N#C/C(=C\C1=C\N=CCCC=C1)c1c[nH]c2ccccc12. The molecule has 1 N–H and O–H groups in total. The van der Waals surface area contributed by atoms with E-state index >= 15 is 0 Å². The van der Waals surface area contributed by atoms with Crippen LogP contribution in [0, 0.1) is 11.3 Å². The van der Waals surface area contributed by atoms with E-state index in [4.69, 9.17) is 0 Å². The third-order valence-electron chi connectivity index (χ3n) is 3.41. The maximum absolute atomic E-state index is 9.49. The van der Waals surface area contributed by atoms with Crippen molar-refractivity contribution < 1.29 is 0 Å². The number of hydrogen-bond donors (Lipinski definition) is 1. The number of nitrogens with zero attached hydrogens (tertiary/aromatic N) is 2. The van der Waals surface area contributed by atoms with Crippen molar-refractivity contribution in [1.29, 1.82) is 5.26 Å². The van der Waals surface area contributed by atoms with E-state index < -0.39 is 0 Å². The quantitative estimate of drug-likeness (QED) is 0.811. The summed E-state index contributed by atoms with van der Waals surface area (Å²) in [6, 6.07) is 10.3. The van der Waals surface area contributed by atoms with Crippen molar-refractivity contribution in [2.24, 2.45) is 4.99 Å². The molecule has 1 aromatic heterocycles. The van der Waals surface area contributed by atoms with Gasteiger partial charge in [-0.25, -0.2) is 0 Å². The number of H-pyrrole nitrogens is 1. The fraction of sp³-hybridized carbons (Fsp3) is 0.111. The van der Waals surface area contributed by atoms with Gasteiger partial charge in [0.25, 0.3) is 0 Å². The Bertz CT molecular complexity index is 810. The number of rotatable bonds is 2. The molecule has 0 saturated carbocycles. The summed E-state index contributed by atoms with van der Waals surface area (Å²) >= 11 is 0. The molecule has 21 heavy (non-hydrogen) atoms. The van der Waals surface area contributed by atoms with E-state index in [1.807, 2.05) is 48.8 Å². The minimum atomic E-state index is 0.638. The van der Waals surface area contributed by atoms with E-state index in [-0.39, 0.29) is 0 Å². The van der Waals surface area contributed by atoms with E-state index in [9.17, 15) is 5.26 Å². The number of hydrogen-bond acceptors (Lipinski definition) is 2. The lowest BCUT2D eigenvalue weighted by Crippen LogP contribution is -1.84. The smallest absolute Gasteiger partial charge is 0.0998 e. The molecule has 0 radical (unpaired) electrons. The number of allylic oxidation sites excluding steroid dienone is 5. The Morgan fingerprint density at radius 1 is 1.29 bits per heavy atom. The van der Waals surface area contributed by atoms with Gasteiger partial charge in [0.1, 0.15) is 0 Å². The normalized spacial score (nSPS) is 17.9. The molecule has 2 heterocycles. The topological polar surface area (TPSA) is 51.9 Å². The number of aromatic amines is 1. The molecule has 0 unspecified atom stereocenters. The number of nitrogens with one attached hydrogen (secondary N) is 1. The average molecular weight is 273 g/mol. The van der Waals surface area contributed by atoms with Gasteiger partial charge in [0.05, 0.1) is 11.6 Å². The zero-order valence-electron chi connectivity index (χ0n) is 11.6. The second-order valence-electron chi connectivity index (χ2n) is 4.86. The Hall–Kier alpha value is -2.86. The van der Waals surface area contributed by atoms with Gasteiger partial charge in [-0.05, 0) is 30.6 Å². The van der Waals surface area contributed by atoms with Crippen LogP contribution in [0.5, 0.6) is 0 Å². The summed E-state index contributed by atoms with van der Waals surface area (Å²) in [5, 5.41) is 10.6. The van der Waals surface area contributed by atoms with Gasteiger partial charge in [-0.1, -0.05) is 30.4 Å². The number of aliphatic imine (C=N–C) groups is 1. The van der Waals surface area contributed by atoms with E-state index in [0.29, 0.717) is 5.57 Å². The van der Waals surface area contributed by atoms with Gasteiger partial charge >= 0.3 is 0 Å². The maximum atomic E-state index is 9.49. The summed E-state index contributed by atoms with van der Waals surface area (Å²) in [6.45, 7) is 0. The van der Waals surface area contributed by atoms with Crippen molar-refractivity contribution in [3.05, 3.63) is 66.0 Å². The second-order valence-corrected chi connectivity index (χ2v) is 4.86. The molecule has 1 aliphatic rings. The fourth-order valence-electron chi connectivity index (χ4n) is 2.36. The van der Waals surface area contributed by atoms with E-state index in [1.165, 1.54) is 0 Å². The maximum Gasteiger partial charge on any atom is 0.0998 e. The summed E-state index contributed by atoms with van der Waals surface area (Å²) in [7, 11) is 0. The molecule has 3 heteroatoms. The third-order valence-corrected chi connectivity index (χ3v) is 3.41. The molecule has 0 saturated heterocycles. The molecule has 2 aromatic rings. The van der Waals surface area contributed by atoms with Gasteiger partial charge < -0.3 is 4.98 Å². The van der Waals surface area contributed by atoms with Gasteiger partial charge in [-0.15, -0.1) is 0 Å². The van der Waals surface area contributed by atoms with Crippen molar-refractivity contribution in [2.75, 3.05) is 0 Å². The summed E-state index contributed by atoms with van der Waals surface area (Å²) in [5.41, 5.74) is 3.54. The van der Waals surface area contributed by atoms with Crippen LogP contribution >= 0.6 is 0 Å². The summed E-state index contributed by atoms with van der Waals surface area (Å²) < 4.78 is 0. The molecule has 102 valence electrons. The summed E-state index contributed by atoms with van der Waals surface area (Å²) in [5.74, 6) is 0. The molecule has 3 nitrogen and oxygen atoms in total. The lowest BCUT2D eigenvalue weighted by atomic mass is 10.0. The molecule has 0 amide bonds. The van der Waals surface area contributed by atoms with Crippen LogP contribution in [0.1, 0.15) is 18.4 Å². The number of nitriles is 1. The predicted octanol–water partition coefficient (Wildman–Crippen LogP) is 4.38. The largest absolute Gasteiger partial charge is 0.361 e. The van der Waals surface area contributed by atoms with E-state index in [2.05, 4.69) is 22.1 Å². The Morgan fingerprint density at radius 2 is 2.19 bits per heavy atom. The number of para-hydroxylation sites is 1. The van der Waals surface area contributed by atoms with E-state index in [1.54, 1.807) is 6.20 Å². The van der Waals surface area contributed by atoms with Gasteiger partial charge in [0.2, 0.25) is 0 Å². The third kappa shape index (κ3) is 2.85. The van der Waals surface area contributed by atoms with Gasteiger partial charge in [-0.2, -0.15) is 5.26 Å². The fourth-order valence-corrected chi connectivity index (χ4v) is 2.36. The Kier molecular flexibility index (Phi) is 3.79. The Balaban J connectivity index is 2.06. The highest BCUT2D eigenvalue weighted by molar-refractivity contribution is 5.96. The van der Waals surface area contributed by atoms with Crippen LogP contribution in [-0.4, -0.2) is 11.2 Å². The second kappa shape index (κ2) is 6.06. The highest BCUT2D eigenvalue weighted by Gasteiger charge is 2.08. The standard InChI is InChI=1S/C18H15N3/c19-11-15(10-14-6-2-1-5-9-20-12-14)17-13-21-18-8-4-3-7-16(17)18/h2-4,6-10,12-13,21H,1,5H2/b6-2?,14-12+,15-10+,20-9?. The molecule has 1 aliphatic heterocycles. The number of fused-ring (bicyclic) bond motifs is 1. The van der Waals surface area contributed by atoms with Crippen molar-refractivity contribution in [1.82, 2.24) is 4.98 Å². The molecule has 0 aliphatic carbocycles. The number of aromatic nitrogens is 1. The highest BCUT2D eigenvalue weighted by Crippen LogP contribution is 2.25. The van der Waals surface area contributed by atoms with Gasteiger partial charge in [0.15, 0.2) is 0 Å². The molecule has 0 atom stereocenters. The van der Waals surface area contributed by atoms with Crippen LogP contribution in [0.2, 0.25) is 0 Å². The minimum absolute atomic E-state index is 0.638. The average Bonchev–Trinajstić information content (AvgIpc) is 2.90. The molecular weight excluding hydrogens is 258 g/mol. The Morgan fingerprint density at radius 3 is 3.10 bits per heavy atom. The zero-order chi connectivity index (χ0) is 14.5. The number of benzene rings is 1. The first-order chi connectivity index (χ1) is 10.4. The lowest BCUT2D eigenvalue weighted by Gasteiger charge is -2.00. The highest BCUT2D eigenvalue weighted by atomic mass is 14.7. The van der Waals surface area contributed by atoms with Crippen LogP contribution in [0.15, 0.2) is 65.5 Å². The molecule has 0 fully saturated rings. The van der Waals surface area contributed by atoms with Crippen LogP contribution in [0.25, 0.3) is 16.5 Å². The first-order valence-electron chi connectivity index (χ1n) is 6.95. The van der Waals surface area contributed by atoms with Crippen molar-refractivity contribution in [3.63, 3.8) is 0 Å². The summed E-state index contributed by atoms with van der Waals surface area (Å²) in [6.07, 6.45) is 13.5. The van der Waals surface area contributed by atoms with E-state index in [0.717, 1.165) is 34.9 Å². The summed E-state index contributed by atoms with van der Waals surface area (Å²) in [4.78, 5) is 7.45. The van der Waals surface area contributed by atoms with Crippen LogP contribution in [-0.2, 0) is 0 Å². The zero-order valence-corrected chi connectivity index (χ0v) is 11.6. The minimum Gasteiger partial charge on any atom is -0.361 e. The van der Waals surface area contributed by atoms with Gasteiger partial charge in [0, 0.05) is 35.1 Å². The molecule has 3 rings (SSSR count). The predicted molar refractivity (Wildman–Crippen MR) is 86.8 cm³/mol. The first-order valence-corrected chi connectivity index (χ1v) is 6.95. The van der Waals surface area contributed by atoms with Gasteiger partial charge in [-0.3, -0.25) is 4.99 Å². The van der Waals surface area contributed by atoms with Crippen molar-refractivity contribution in [3.8, 4) is 6.07 Å². The van der Waals surface area contributed by atoms with Crippen molar-refractivity contribution in [2.45, 2.75) is 12.8 Å². The monoisotopic (exact) mass is 273 g/mol. The lowest BCUT2D eigenvalue weighted by molar-refractivity contribution is 1.11. The van der Waals surface area contributed by atoms with Crippen molar-refractivity contribution >= 4 is 22.7 Å². The molecule has 1 aromatic carbocycles. The van der Waals surface area contributed by atoms with Crippen LogP contribution < -0.4 is 0 Å². The molecule has 0 spiro atoms.